The van der Waals surface area contributed by atoms with Crippen molar-refractivity contribution >= 4 is 6.09 Å². The summed E-state index contributed by atoms with van der Waals surface area (Å²) in [5.41, 5.74) is 0. The first-order valence-electron chi connectivity index (χ1n) is 6.01. The first-order chi connectivity index (χ1) is 8.13. The lowest BCUT2D eigenvalue weighted by atomic mass is 10.2. The zero-order valence-electron chi connectivity index (χ0n) is 11.2. The van der Waals surface area contributed by atoms with E-state index in [2.05, 4.69) is 6.92 Å². The lowest BCUT2D eigenvalue weighted by Gasteiger charge is -2.09. The van der Waals surface area contributed by atoms with Gasteiger partial charge in [0.1, 0.15) is 6.54 Å². The first-order valence-corrected chi connectivity index (χ1v) is 6.01. The standard InChI is InChI=1S/C13H21N2O2.BrH/c1-4-5-6-9-15-10-7-8-12(11-15)17-13(16)14(2)3;/h7-8,10-11H,4-6,9H2,1-3H3;1H/q+1;/p-1. The van der Waals surface area contributed by atoms with Gasteiger partial charge in [-0.05, 0) is 12.5 Å². The minimum atomic E-state index is -0.351. The largest absolute Gasteiger partial charge is 1.00 e. The van der Waals surface area contributed by atoms with Gasteiger partial charge in [-0.1, -0.05) is 13.3 Å². The monoisotopic (exact) mass is 316 g/mol. The summed E-state index contributed by atoms with van der Waals surface area (Å²) in [6, 6.07) is 3.68. The van der Waals surface area contributed by atoms with Crippen LogP contribution in [0.25, 0.3) is 0 Å². The van der Waals surface area contributed by atoms with E-state index in [1.807, 2.05) is 23.0 Å². The summed E-state index contributed by atoms with van der Waals surface area (Å²) in [4.78, 5) is 12.8. The van der Waals surface area contributed by atoms with E-state index in [4.69, 9.17) is 4.74 Å². The number of hydrogen-bond acceptors (Lipinski definition) is 2. The van der Waals surface area contributed by atoms with Crippen molar-refractivity contribution in [1.82, 2.24) is 4.90 Å². The van der Waals surface area contributed by atoms with Gasteiger partial charge in [0.2, 0.25) is 6.20 Å². The van der Waals surface area contributed by atoms with Crippen LogP contribution in [-0.4, -0.2) is 25.1 Å². The van der Waals surface area contributed by atoms with Crippen LogP contribution in [0.3, 0.4) is 0 Å². The third-order valence-electron chi connectivity index (χ3n) is 2.42. The van der Waals surface area contributed by atoms with Gasteiger partial charge in [-0.3, -0.25) is 0 Å². The summed E-state index contributed by atoms with van der Waals surface area (Å²) in [6.45, 7) is 3.14. The number of unbranched alkanes of at least 4 members (excludes halogenated alkanes) is 2. The van der Waals surface area contributed by atoms with Gasteiger partial charge in [-0.25, -0.2) is 9.36 Å². The number of halogens is 1. The summed E-state index contributed by atoms with van der Waals surface area (Å²) in [6.07, 6.45) is 7.06. The SMILES string of the molecule is CCCCC[n+]1cccc(OC(=O)N(C)C)c1.[Br-]. The van der Waals surface area contributed by atoms with Crippen LogP contribution in [-0.2, 0) is 6.54 Å². The average Bonchev–Trinajstić information content (AvgIpc) is 2.30. The van der Waals surface area contributed by atoms with Crippen molar-refractivity contribution in [2.75, 3.05) is 14.1 Å². The molecular weight excluding hydrogens is 296 g/mol. The molecule has 18 heavy (non-hydrogen) atoms. The molecule has 4 nitrogen and oxygen atoms in total. The third-order valence-corrected chi connectivity index (χ3v) is 2.42. The minimum Gasteiger partial charge on any atom is -1.00 e. The van der Waals surface area contributed by atoms with E-state index in [-0.39, 0.29) is 23.1 Å². The lowest BCUT2D eigenvalue weighted by Crippen LogP contribution is -3.00. The number of pyridine rings is 1. The van der Waals surface area contributed by atoms with Crippen LogP contribution >= 0.6 is 0 Å². The normalized spacial score (nSPS) is 9.50. The number of aryl methyl sites for hydroxylation is 1. The Morgan fingerprint density at radius 3 is 2.72 bits per heavy atom. The molecule has 1 rings (SSSR count). The molecule has 0 saturated carbocycles. The van der Waals surface area contributed by atoms with Crippen molar-refractivity contribution in [3.8, 4) is 5.75 Å². The predicted molar refractivity (Wildman–Crippen MR) is 65.9 cm³/mol. The first kappa shape index (κ1) is 16.9. The topological polar surface area (TPSA) is 33.4 Å². The number of hydrogen-bond donors (Lipinski definition) is 0. The molecule has 0 radical (unpaired) electrons. The number of carbonyl (C=O) groups excluding carboxylic acids is 1. The molecule has 1 amide bonds. The smallest absolute Gasteiger partial charge is 0.414 e. The molecule has 0 aliphatic heterocycles. The Hall–Kier alpha value is -1.10. The molecule has 0 saturated heterocycles. The zero-order valence-corrected chi connectivity index (χ0v) is 12.8. The van der Waals surface area contributed by atoms with E-state index in [1.165, 1.54) is 17.7 Å². The Bertz CT molecular complexity index is 370. The predicted octanol–water partition coefficient (Wildman–Crippen LogP) is -0.771. The van der Waals surface area contributed by atoms with Gasteiger partial charge in [-0.2, -0.15) is 0 Å². The molecule has 0 N–H and O–H groups in total. The van der Waals surface area contributed by atoms with Crippen LogP contribution in [0.4, 0.5) is 4.79 Å². The van der Waals surface area contributed by atoms with Crippen molar-refractivity contribution in [2.45, 2.75) is 32.7 Å². The number of rotatable bonds is 5. The molecule has 0 aliphatic carbocycles. The van der Waals surface area contributed by atoms with Gasteiger partial charge in [0.25, 0.3) is 0 Å². The highest BCUT2D eigenvalue weighted by Crippen LogP contribution is 2.07. The van der Waals surface area contributed by atoms with Gasteiger partial charge >= 0.3 is 6.09 Å². The molecule has 1 aromatic rings. The van der Waals surface area contributed by atoms with Crippen LogP contribution in [0, 0.1) is 0 Å². The van der Waals surface area contributed by atoms with E-state index in [0.29, 0.717) is 5.75 Å². The van der Waals surface area contributed by atoms with E-state index < -0.39 is 0 Å². The van der Waals surface area contributed by atoms with Gasteiger partial charge in [0, 0.05) is 26.6 Å². The lowest BCUT2D eigenvalue weighted by molar-refractivity contribution is -0.697. The maximum Gasteiger partial charge on any atom is 0.414 e. The number of ether oxygens (including phenoxy) is 1. The fourth-order valence-electron chi connectivity index (χ4n) is 1.43. The Morgan fingerprint density at radius 1 is 1.39 bits per heavy atom. The Labute approximate surface area is 119 Å². The quantitative estimate of drug-likeness (QED) is 0.528. The van der Waals surface area contributed by atoms with E-state index >= 15 is 0 Å². The second kappa shape index (κ2) is 8.91. The van der Waals surface area contributed by atoms with Crippen LogP contribution < -0.4 is 26.3 Å². The molecule has 0 unspecified atom stereocenters. The molecule has 102 valence electrons. The molecule has 1 aromatic heterocycles. The highest BCUT2D eigenvalue weighted by Gasteiger charge is 2.09. The molecule has 1 heterocycles. The van der Waals surface area contributed by atoms with Crippen molar-refractivity contribution in [2.24, 2.45) is 0 Å². The number of amides is 1. The second-order valence-corrected chi connectivity index (χ2v) is 4.25. The molecule has 0 aliphatic rings. The Balaban J connectivity index is 0.00000289. The summed E-state index contributed by atoms with van der Waals surface area (Å²) in [7, 11) is 3.33. The summed E-state index contributed by atoms with van der Waals surface area (Å²) < 4.78 is 7.24. The highest BCUT2D eigenvalue weighted by molar-refractivity contribution is 5.69. The minimum absolute atomic E-state index is 0. The molecule has 0 aromatic carbocycles. The van der Waals surface area contributed by atoms with Crippen molar-refractivity contribution < 1.29 is 31.1 Å². The van der Waals surface area contributed by atoms with Crippen molar-refractivity contribution in [3.63, 3.8) is 0 Å². The number of nitrogens with zero attached hydrogens (tertiary/aromatic N) is 2. The maximum absolute atomic E-state index is 11.4. The molecule has 0 fully saturated rings. The van der Waals surface area contributed by atoms with Crippen LogP contribution in [0.5, 0.6) is 5.75 Å². The van der Waals surface area contributed by atoms with E-state index in [9.17, 15) is 4.79 Å². The van der Waals surface area contributed by atoms with Crippen LogP contribution in [0.15, 0.2) is 24.5 Å². The fraction of sp³-hybridized carbons (Fsp3) is 0.538. The maximum atomic E-state index is 11.4. The molecule has 0 spiro atoms. The Kier molecular flexibility index (Phi) is 8.37. The molecular formula is C13H21BrN2O2. The van der Waals surface area contributed by atoms with Crippen LogP contribution in [0.2, 0.25) is 0 Å². The Morgan fingerprint density at radius 2 is 2.11 bits per heavy atom. The highest BCUT2D eigenvalue weighted by atomic mass is 79.9. The van der Waals surface area contributed by atoms with Gasteiger partial charge in [0.05, 0.1) is 0 Å². The third kappa shape index (κ3) is 6.00. The zero-order chi connectivity index (χ0) is 12.7. The molecule has 0 atom stereocenters. The second-order valence-electron chi connectivity index (χ2n) is 4.25. The van der Waals surface area contributed by atoms with Crippen molar-refractivity contribution in [1.29, 1.82) is 0 Å². The van der Waals surface area contributed by atoms with Crippen molar-refractivity contribution in [3.05, 3.63) is 24.5 Å². The fourth-order valence-corrected chi connectivity index (χ4v) is 1.43. The average molecular weight is 317 g/mol. The molecule has 5 heteroatoms. The van der Waals surface area contributed by atoms with Gasteiger partial charge in [-0.15, -0.1) is 0 Å². The van der Waals surface area contributed by atoms with Gasteiger partial charge in [0.15, 0.2) is 11.9 Å². The number of carbonyl (C=O) groups is 1. The van der Waals surface area contributed by atoms with E-state index in [0.717, 1.165) is 13.0 Å². The number of aromatic nitrogens is 1. The summed E-state index contributed by atoms with van der Waals surface area (Å²) in [5, 5.41) is 0. The summed E-state index contributed by atoms with van der Waals surface area (Å²) >= 11 is 0. The van der Waals surface area contributed by atoms with Crippen LogP contribution in [0.1, 0.15) is 26.2 Å². The molecule has 0 bridgehead atoms. The summed E-state index contributed by atoms with van der Waals surface area (Å²) in [5.74, 6) is 0.586. The van der Waals surface area contributed by atoms with Gasteiger partial charge < -0.3 is 26.6 Å². The van der Waals surface area contributed by atoms with E-state index in [1.54, 1.807) is 20.2 Å².